The lowest BCUT2D eigenvalue weighted by Crippen LogP contribution is -2.08. The predicted molar refractivity (Wildman–Crippen MR) is 49.7 cm³/mol. The average molecular weight is 152 g/mol. The highest BCUT2D eigenvalue weighted by Gasteiger charge is 2.05. The zero-order chi connectivity index (χ0) is 8.85. The van der Waals surface area contributed by atoms with Crippen LogP contribution in [0.25, 0.3) is 0 Å². The molecular formula is C9H16N2. The third kappa shape index (κ3) is 3.12. The molecule has 0 aliphatic heterocycles. The topological polar surface area (TPSA) is 47.7 Å². The minimum Gasteiger partial charge on any atom is -0.309 e. The highest BCUT2D eigenvalue weighted by molar-refractivity contribution is 6.01. The van der Waals surface area contributed by atoms with Crippen LogP contribution in [0.1, 0.15) is 27.2 Å². The standard InChI is InChI=1S/C9H16N2/c1-4-8(5-6-10)9(11)7(2)3/h5-7,10-11H,4H2,1-3H3/b8-5-,10-6?,11-9?. The third-order valence-corrected chi connectivity index (χ3v) is 1.59. The van der Waals surface area contributed by atoms with Gasteiger partial charge in [-0.2, -0.15) is 0 Å². The van der Waals surface area contributed by atoms with Crippen molar-refractivity contribution < 1.29 is 0 Å². The first-order valence-corrected chi connectivity index (χ1v) is 3.91. The first-order chi connectivity index (χ1) is 5.13. The summed E-state index contributed by atoms with van der Waals surface area (Å²) in [5, 5.41) is 14.5. The van der Waals surface area contributed by atoms with Crippen LogP contribution in [0.2, 0.25) is 0 Å². The largest absolute Gasteiger partial charge is 0.309 e. The maximum Gasteiger partial charge on any atom is 0.0371 e. The smallest absolute Gasteiger partial charge is 0.0371 e. The Balaban J connectivity index is 4.38. The van der Waals surface area contributed by atoms with Crippen molar-refractivity contribution in [1.29, 1.82) is 10.8 Å². The average Bonchev–Trinajstić information content (AvgIpc) is 1.98. The molecule has 0 saturated heterocycles. The van der Waals surface area contributed by atoms with Crippen molar-refractivity contribution in [3.63, 3.8) is 0 Å². The van der Waals surface area contributed by atoms with Crippen LogP contribution < -0.4 is 0 Å². The fourth-order valence-electron chi connectivity index (χ4n) is 0.869. The summed E-state index contributed by atoms with van der Waals surface area (Å²) in [5.74, 6) is 0.265. The van der Waals surface area contributed by atoms with Crippen LogP contribution in [0.4, 0.5) is 0 Å². The van der Waals surface area contributed by atoms with Crippen LogP contribution in [-0.4, -0.2) is 11.9 Å². The number of rotatable bonds is 4. The van der Waals surface area contributed by atoms with Crippen LogP contribution in [0.15, 0.2) is 11.6 Å². The van der Waals surface area contributed by atoms with Gasteiger partial charge in [0, 0.05) is 11.9 Å². The Labute approximate surface area is 68.3 Å². The lowest BCUT2D eigenvalue weighted by Gasteiger charge is -2.08. The molecule has 11 heavy (non-hydrogen) atoms. The molecule has 0 atom stereocenters. The van der Waals surface area contributed by atoms with E-state index in [1.54, 1.807) is 6.08 Å². The van der Waals surface area contributed by atoms with E-state index in [0.717, 1.165) is 12.0 Å². The molecule has 0 aliphatic carbocycles. The van der Waals surface area contributed by atoms with E-state index in [2.05, 4.69) is 0 Å². The molecule has 0 radical (unpaired) electrons. The molecule has 0 aromatic rings. The van der Waals surface area contributed by atoms with Gasteiger partial charge in [-0.3, -0.25) is 0 Å². The van der Waals surface area contributed by atoms with Crippen molar-refractivity contribution in [2.24, 2.45) is 5.92 Å². The van der Waals surface area contributed by atoms with E-state index in [-0.39, 0.29) is 5.92 Å². The van der Waals surface area contributed by atoms with Gasteiger partial charge in [-0.05, 0) is 24.0 Å². The van der Waals surface area contributed by atoms with Gasteiger partial charge in [0.1, 0.15) is 0 Å². The molecule has 0 amide bonds. The Kier molecular flexibility index (Phi) is 4.42. The fraction of sp³-hybridized carbons (Fsp3) is 0.556. The predicted octanol–water partition coefficient (Wildman–Crippen LogP) is 2.65. The van der Waals surface area contributed by atoms with Gasteiger partial charge in [0.15, 0.2) is 0 Å². The van der Waals surface area contributed by atoms with E-state index in [1.165, 1.54) is 6.21 Å². The second kappa shape index (κ2) is 4.83. The molecule has 2 N–H and O–H groups in total. The van der Waals surface area contributed by atoms with Crippen molar-refractivity contribution in [1.82, 2.24) is 0 Å². The molecule has 0 bridgehead atoms. The zero-order valence-electron chi connectivity index (χ0n) is 7.44. The Morgan fingerprint density at radius 3 is 2.27 bits per heavy atom. The van der Waals surface area contributed by atoms with Gasteiger partial charge in [-0.25, -0.2) is 0 Å². The molecule has 0 rings (SSSR count). The molecule has 0 saturated carbocycles. The van der Waals surface area contributed by atoms with Gasteiger partial charge in [0.2, 0.25) is 0 Å². The van der Waals surface area contributed by atoms with E-state index in [4.69, 9.17) is 10.8 Å². The SMILES string of the molecule is CC/C(=C/C=N)C(=N)C(C)C. The summed E-state index contributed by atoms with van der Waals surface area (Å²) in [6.07, 6.45) is 3.78. The van der Waals surface area contributed by atoms with Crippen molar-refractivity contribution in [3.05, 3.63) is 11.6 Å². The number of nitrogens with one attached hydrogen (secondary N) is 2. The number of allylic oxidation sites excluding steroid dienone is 2. The van der Waals surface area contributed by atoms with Gasteiger partial charge in [0.25, 0.3) is 0 Å². The van der Waals surface area contributed by atoms with Crippen LogP contribution in [0, 0.1) is 16.7 Å². The molecule has 0 heterocycles. The van der Waals surface area contributed by atoms with Gasteiger partial charge in [-0.15, -0.1) is 0 Å². The number of hydrogen-bond acceptors (Lipinski definition) is 2. The molecule has 0 unspecified atom stereocenters. The van der Waals surface area contributed by atoms with Crippen LogP contribution in [0.3, 0.4) is 0 Å². The van der Waals surface area contributed by atoms with Gasteiger partial charge in [0.05, 0.1) is 0 Å². The monoisotopic (exact) mass is 152 g/mol. The second-order valence-corrected chi connectivity index (χ2v) is 2.78. The summed E-state index contributed by atoms with van der Waals surface area (Å²) in [4.78, 5) is 0. The Hall–Kier alpha value is -0.920. The van der Waals surface area contributed by atoms with E-state index in [1.807, 2.05) is 20.8 Å². The van der Waals surface area contributed by atoms with Crippen LogP contribution >= 0.6 is 0 Å². The molecule has 2 nitrogen and oxygen atoms in total. The lowest BCUT2D eigenvalue weighted by atomic mass is 9.98. The van der Waals surface area contributed by atoms with Gasteiger partial charge >= 0.3 is 0 Å². The minimum absolute atomic E-state index is 0.265. The molecule has 0 spiro atoms. The fourth-order valence-corrected chi connectivity index (χ4v) is 0.869. The summed E-state index contributed by atoms with van der Waals surface area (Å²) in [5.41, 5.74) is 1.62. The van der Waals surface area contributed by atoms with Crippen molar-refractivity contribution in [2.45, 2.75) is 27.2 Å². The minimum atomic E-state index is 0.265. The zero-order valence-corrected chi connectivity index (χ0v) is 7.44. The number of hydrogen-bond donors (Lipinski definition) is 2. The van der Waals surface area contributed by atoms with Crippen molar-refractivity contribution in [2.75, 3.05) is 0 Å². The summed E-state index contributed by atoms with van der Waals surface area (Å²) in [7, 11) is 0. The molecule has 2 heteroatoms. The van der Waals surface area contributed by atoms with E-state index < -0.39 is 0 Å². The second-order valence-electron chi connectivity index (χ2n) is 2.78. The third-order valence-electron chi connectivity index (χ3n) is 1.59. The Morgan fingerprint density at radius 1 is 1.45 bits per heavy atom. The summed E-state index contributed by atoms with van der Waals surface area (Å²) in [6, 6.07) is 0. The van der Waals surface area contributed by atoms with Crippen molar-refractivity contribution in [3.8, 4) is 0 Å². The first kappa shape index (κ1) is 10.1. The van der Waals surface area contributed by atoms with Crippen molar-refractivity contribution >= 4 is 11.9 Å². The summed E-state index contributed by atoms with van der Waals surface area (Å²) < 4.78 is 0. The molecule has 0 aliphatic rings. The normalized spacial score (nSPS) is 11.8. The van der Waals surface area contributed by atoms with Gasteiger partial charge < -0.3 is 10.8 Å². The molecule has 0 fully saturated rings. The quantitative estimate of drug-likeness (QED) is 0.582. The maximum atomic E-state index is 7.63. The van der Waals surface area contributed by atoms with E-state index in [9.17, 15) is 0 Å². The molecule has 0 aromatic carbocycles. The molecular weight excluding hydrogens is 136 g/mol. The maximum absolute atomic E-state index is 7.63. The van der Waals surface area contributed by atoms with Crippen LogP contribution in [-0.2, 0) is 0 Å². The van der Waals surface area contributed by atoms with Gasteiger partial charge in [-0.1, -0.05) is 20.8 Å². The highest BCUT2D eigenvalue weighted by Crippen LogP contribution is 2.08. The lowest BCUT2D eigenvalue weighted by molar-refractivity contribution is 0.867. The van der Waals surface area contributed by atoms with Crippen LogP contribution in [0.5, 0.6) is 0 Å². The molecule has 0 aromatic heterocycles. The molecule has 62 valence electrons. The summed E-state index contributed by atoms with van der Waals surface area (Å²) in [6.45, 7) is 6.00. The highest BCUT2D eigenvalue weighted by atomic mass is 14.4. The Bertz CT molecular complexity index is 178. The summed E-state index contributed by atoms with van der Waals surface area (Å²) >= 11 is 0. The van der Waals surface area contributed by atoms with E-state index >= 15 is 0 Å². The Morgan fingerprint density at radius 2 is 2.00 bits per heavy atom. The first-order valence-electron chi connectivity index (χ1n) is 3.91. The van der Waals surface area contributed by atoms with E-state index in [0.29, 0.717) is 5.71 Å².